The Bertz CT molecular complexity index is 670. The standard InChI is InChI=1S/C15H18NO4/c1-10-12-8-11(15(6-7-15)14(17)19-3)4-5-13(12)20-16(10)9-18-2/h4-5,8H,6-7,9H2,1-3H3/q+1. The van der Waals surface area contributed by atoms with Gasteiger partial charge in [-0.2, -0.15) is 0 Å². The van der Waals surface area contributed by atoms with Crippen LogP contribution in [0.25, 0.3) is 11.0 Å². The number of esters is 1. The zero-order valence-electron chi connectivity index (χ0n) is 11.9. The van der Waals surface area contributed by atoms with E-state index in [9.17, 15) is 4.79 Å². The van der Waals surface area contributed by atoms with E-state index in [0.717, 1.165) is 35.1 Å². The van der Waals surface area contributed by atoms with Crippen molar-refractivity contribution in [3.8, 4) is 0 Å². The molecule has 1 aromatic heterocycles. The van der Waals surface area contributed by atoms with Gasteiger partial charge in [-0.1, -0.05) is 6.07 Å². The van der Waals surface area contributed by atoms with E-state index >= 15 is 0 Å². The normalized spacial score (nSPS) is 16.4. The Kier molecular flexibility index (Phi) is 3.01. The number of aryl methyl sites for hydroxylation is 1. The fourth-order valence-electron chi connectivity index (χ4n) is 2.68. The molecule has 1 fully saturated rings. The van der Waals surface area contributed by atoms with Gasteiger partial charge in [0.05, 0.1) is 17.9 Å². The second-order valence-electron chi connectivity index (χ2n) is 5.26. The molecule has 1 aromatic carbocycles. The summed E-state index contributed by atoms with van der Waals surface area (Å²) in [6.07, 6.45) is 1.69. The van der Waals surface area contributed by atoms with Crippen molar-refractivity contribution < 1.29 is 23.5 Å². The van der Waals surface area contributed by atoms with E-state index in [4.69, 9.17) is 14.0 Å². The van der Waals surface area contributed by atoms with Gasteiger partial charge in [0, 0.05) is 18.8 Å². The third-order valence-corrected chi connectivity index (χ3v) is 4.08. The summed E-state index contributed by atoms with van der Waals surface area (Å²) in [5.74, 6) is -0.150. The Hall–Kier alpha value is -1.88. The van der Waals surface area contributed by atoms with E-state index in [0.29, 0.717) is 6.73 Å². The van der Waals surface area contributed by atoms with Gasteiger partial charge in [-0.15, -0.1) is 0 Å². The number of hydrogen-bond acceptors (Lipinski definition) is 4. The first kappa shape index (κ1) is 13.1. The average molecular weight is 276 g/mol. The minimum Gasteiger partial charge on any atom is -0.468 e. The van der Waals surface area contributed by atoms with Gasteiger partial charge in [0.2, 0.25) is 11.3 Å². The predicted octanol–water partition coefficient (Wildman–Crippen LogP) is 1.84. The predicted molar refractivity (Wildman–Crippen MR) is 71.1 cm³/mol. The molecule has 3 rings (SSSR count). The topological polar surface area (TPSA) is 52.5 Å². The third-order valence-electron chi connectivity index (χ3n) is 4.08. The molecule has 1 saturated carbocycles. The molecule has 0 atom stereocenters. The first-order chi connectivity index (χ1) is 9.62. The Balaban J connectivity index is 2.07. The molecule has 1 heterocycles. The molecule has 20 heavy (non-hydrogen) atoms. The fourth-order valence-corrected chi connectivity index (χ4v) is 2.68. The molecular weight excluding hydrogens is 258 g/mol. The van der Waals surface area contributed by atoms with Gasteiger partial charge in [0.15, 0.2) is 0 Å². The molecule has 0 spiro atoms. The third kappa shape index (κ3) is 1.81. The Morgan fingerprint density at radius 1 is 1.40 bits per heavy atom. The van der Waals surface area contributed by atoms with Gasteiger partial charge < -0.3 is 9.47 Å². The number of hydrogen-bond donors (Lipinski definition) is 0. The molecular formula is C15H18NO4+. The number of benzene rings is 1. The van der Waals surface area contributed by atoms with Crippen LogP contribution in [-0.2, 0) is 26.4 Å². The lowest BCUT2D eigenvalue weighted by molar-refractivity contribution is -0.886. The molecule has 0 amide bonds. The zero-order valence-corrected chi connectivity index (χ0v) is 11.9. The summed E-state index contributed by atoms with van der Waals surface area (Å²) in [5, 5.41) is 1.01. The van der Waals surface area contributed by atoms with Crippen LogP contribution in [0.15, 0.2) is 22.7 Å². The molecule has 2 aromatic rings. The number of ether oxygens (including phenoxy) is 2. The van der Waals surface area contributed by atoms with Gasteiger partial charge in [-0.3, -0.25) is 4.79 Å². The summed E-state index contributed by atoms with van der Waals surface area (Å²) in [5.41, 5.74) is 2.34. The van der Waals surface area contributed by atoms with Crippen LogP contribution in [-0.4, -0.2) is 20.2 Å². The number of methoxy groups -OCH3 is 2. The molecule has 0 saturated heterocycles. The summed E-state index contributed by atoms with van der Waals surface area (Å²) in [6, 6.07) is 5.89. The Morgan fingerprint density at radius 2 is 2.15 bits per heavy atom. The molecule has 5 heteroatoms. The maximum Gasteiger partial charge on any atom is 0.316 e. The van der Waals surface area contributed by atoms with E-state index in [2.05, 4.69) is 0 Å². The maximum atomic E-state index is 12.0. The Labute approximate surface area is 117 Å². The van der Waals surface area contributed by atoms with Crippen molar-refractivity contribution >= 4 is 16.9 Å². The van der Waals surface area contributed by atoms with Crippen LogP contribution >= 0.6 is 0 Å². The van der Waals surface area contributed by atoms with E-state index < -0.39 is 5.41 Å². The van der Waals surface area contributed by atoms with Gasteiger partial charge in [-0.25, -0.2) is 4.52 Å². The number of carbonyl (C=O) groups is 1. The molecule has 1 aliphatic carbocycles. The summed E-state index contributed by atoms with van der Waals surface area (Å²) in [6.45, 7) is 2.35. The highest BCUT2D eigenvalue weighted by molar-refractivity contribution is 5.89. The molecule has 0 radical (unpaired) electrons. The van der Waals surface area contributed by atoms with Crippen LogP contribution in [0.2, 0.25) is 0 Å². The van der Waals surface area contributed by atoms with Crippen LogP contribution in [0.3, 0.4) is 0 Å². The average Bonchev–Trinajstić information content (AvgIpc) is 3.22. The van der Waals surface area contributed by atoms with Crippen molar-refractivity contribution in [2.24, 2.45) is 0 Å². The van der Waals surface area contributed by atoms with E-state index in [1.54, 1.807) is 11.8 Å². The molecule has 0 bridgehead atoms. The highest BCUT2D eigenvalue weighted by Gasteiger charge is 2.52. The van der Waals surface area contributed by atoms with Crippen molar-refractivity contribution in [2.75, 3.05) is 14.2 Å². The lowest BCUT2D eigenvalue weighted by Crippen LogP contribution is -2.34. The van der Waals surface area contributed by atoms with Gasteiger partial charge in [-0.05, 0) is 30.5 Å². The maximum absolute atomic E-state index is 12.0. The smallest absolute Gasteiger partial charge is 0.316 e. The van der Waals surface area contributed by atoms with Gasteiger partial charge >= 0.3 is 5.97 Å². The number of rotatable bonds is 4. The summed E-state index contributed by atoms with van der Waals surface area (Å²) >= 11 is 0. The van der Waals surface area contributed by atoms with Crippen LogP contribution < -0.4 is 4.74 Å². The van der Waals surface area contributed by atoms with Crippen LogP contribution in [0, 0.1) is 6.92 Å². The first-order valence-corrected chi connectivity index (χ1v) is 6.64. The number of fused-ring (bicyclic) bond motifs is 1. The van der Waals surface area contributed by atoms with Crippen molar-refractivity contribution in [3.63, 3.8) is 0 Å². The fraction of sp³-hybridized carbons (Fsp3) is 0.467. The second kappa shape index (κ2) is 4.59. The van der Waals surface area contributed by atoms with Gasteiger partial charge in [0.25, 0.3) is 6.73 Å². The highest BCUT2D eigenvalue weighted by atomic mass is 16.6. The van der Waals surface area contributed by atoms with E-state index in [1.165, 1.54) is 7.11 Å². The molecule has 0 N–H and O–H groups in total. The minimum atomic E-state index is -0.446. The number of carbonyl (C=O) groups excluding carboxylic acids is 1. The second-order valence-corrected chi connectivity index (χ2v) is 5.26. The summed E-state index contributed by atoms with van der Waals surface area (Å²) in [7, 11) is 3.07. The lowest BCUT2D eigenvalue weighted by atomic mass is 9.95. The molecule has 5 nitrogen and oxygen atoms in total. The quantitative estimate of drug-likeness (QED) is 0.631. The van der Waals surface area contributed by atoms with Gasteiger partial charge in [0.1, 0.15) is 0 Å². The van der Waals surface area contributed by atoms with Crippen LogP contribution in [0.1, 0.15) is 24.1 Å². The monoisotopic (exact) mass is 276 g/mol. The zero-order chi connectivity index (χ0) is 14.3. The van der Waals surface area contributed by atoms with Crippen LogP contribution in [0.5, 0.6) is 0 Å². The van der Waals surface area contributed by atoms with Crippen molar-refractivity contribution in [3.05, 3.63) is 29.5 Å². The lowest BCUT2D eigenvalue weighted by Gasteiger charge is -2.12. The largest absolute Gasteiger partial charge is 0.468 e. The minimum absolute atomic E-state index is 0.150. The van der Waals surface area contributed by atoms with Crippen molar-refractivity contribution in [1.29, 1.82) is 0 Å². The molecule has 1 aliphatic rings. The number of aromatic nitrogens is 1. The van der Waals surface area contributed by atoms with Crippen molar-refractivity contribution in [1.82, 2.24) is 0 Å². The summed E-state index contributed by atoms with van der Waals surface area (Å²) < 4.78 is 17.4. The first-order valence-electron chi connectivity index (χ1n) is 6.64. The summed E-state index contributed by atoms with van der Waals surface area (Å²) in [4.78, 5) is 12.0. The SMILES string of the molecule is COC[n+]1oc2ccc(C3(C(=O)OC)CC3)cc2c1C. The van der Waals surface area contributed by atoms with E-state index in [-0.39, 0.29) is 5.97 Å². The van der Waals surface area contributed by atoms with Crippen molar-refractivity contribution in [2.45, 2.75) is 31.9 Å². The molecule has 106 valence electrons. The molecule has 0 aliphatic heterocycles. The molecule has 0 unspecified atom stereocenters. The van der Waals surface area contributed by atoms with Crippen LogP contribution in [0.4, 0.5) is 0 Å². The van der Waals surface area contributed by atoms with E-state index in [1.807, 2.05) is 25.1 Å². The highest BCUT2D eigenvalue weighted by Crippen LogP contribution is 2.49. The Morgan fingerprint density at radius 3 is 2.75 bits per heavy atom. The number of nitrogens with zero attached hydrogens (tertiary/aromatic N) is 1.